The number of hydrogen-bond donors (Lipinski definition) is 1. The molecule has 2 aromatic rings. The van der Waals surface area contributed by atoms with E-state index in [1.165, 1.54) is 11.0 Å². The van der Waals surface area contributed by atoms with Crippen LogP contribution in [-0.4, -0.2) is 22.5 Å². The van der Waals surface area contributed by atoms with Crippen molar-refractivity contribution in [1.82, 2.24) is 5.32 Å². The van der Waals surface area contributed by atoms with E-state index in [0.717, 1.165) is 0 Å². The second kappa shape index (κ2) is 7.73. The molecule has 1 saturated heterocycles. The van der Waals surface area contributed by atoms with Crippen LogP contribution in [-0.2, 0) is 9.59 Å². The number of hydrogen-bond acceptors (Lipinski definition) is 4. The number of benzene rings is 2. The van der Waals surface area contributed by atoms with Crippen molar-refractivity contribution in [2.24, 2.45) is 0 Å². The Morgan fingerprint density at radius 3 is 2.21 bits per heavy atom. The van der Waals surface area contributed by atoms with Crippen molar-refractivity contribution in [2.45, 2.75) is 26.4 Å². The van der Waals surface area contributed by atoms with Crippen molar-refractivity contribution in [2.75, 3.05) is 4.90 Å². The molecule has 0 atom stereocenters. The molecule has 1 heterocycles. The number of carbonyl (C=O) groups is 2. The maximum absolute atomic E-state index is 12.9. The van der Waals surface area contributed by atoms with Crippen LogP contribution in [0.3, 0.4) is 0 Å². The van der Waals surface area contributed by atoms with Gasteiger partial charge in [0.25, 0.3) is 11.8 Å². The Morgan fingerprint density at radius 1 is 1.04 bits per heavy atom. The van der Waals surface area contributed by atoms with Gasteiger partial charge in [0.1, 0.15) is 16.9 Å². The van der Waals surface area contributed by atoms with Crippen molar-refractivity contribution in [3.05, 3.63) is 64.7 Å². The van der Waals surface area contributed by atoms with Crippen LogP contribution < -0.4 is 15.0 Å². The van der Waals surface area contributed by atoms with Crippen LogP contribution in [0, 0.1) is 0 Å². The molecule has 28 heavy (non-hydrogen) atoms. The first kappa shape index (κ1) is 20.0. The monoisotopic (exact) mass is 414 g/mol. The summed E-state index contributed by atoms with van der Waals surface area (Å²) in [5.41, 5.74) is 0.907. The van der Waals surface area contributed by atoms with Gasteiger partial charge < -0.3 is 4.74 Å². The molecule has 1 aliphatic rings. The molecular weight excluding hydrogens is 396 g/mol. The Balaban J connectivity index is 1.89. The molecule has 0 radical (unpaired) electrons. The van der Waals surface area contributed by atoms with E-state index in [2.05, 4.69) is 5.32 Å². The van der Waals surface area contributed by atoms with Crippen LogP contribution in [0.5, 0.6) is 5.75 Å². The van der Waals surface area contributed by atoms with E-state index in [1.54, 1.807) is 48.5 Å². The van der Waals surface area contributed by atoms with E-state index in [0.29, 0.717) is 22.0 Å². The maximum atomic E-state index is 12.9. The quantitative estimate of drug-likeness (QED) is 0.461. The van der Waals surface area contributed by atoms with Crippen molar-refractivity contribution in [1.29, 1.82) is 0 Å². The largest absolute Gasteiger partial charge is 0.488 e. The minimum atomic E-state index is -0.532. The fraction of sp³-hybridized carbons (Fsp3) is 0.190. The molecule has 0 unspecified atom stereocenters. The third kappa shape index (κ3) is 4.58. The number of rotatable bonds is 3. The van der Waals surface area contributed by atoms with Gasteiger partial charge in [-0.15, -0.1) is 0 Å². The molecule has 144 valence electrons. The van der Waals surface area contributed by atoms with Gasteiger partial charge in [-0.3, -0.25) is 19.8 Å². The molecule has 0 aliphatic carbocycles. The summed E-state index contributed by atoms with van der Waals surface area (Å²) in [4.78, 5) is 26.6. The molecule has 3 rings (SSSR count). The summed E-state index contributed by atoms with van der Waals surface area (Å²) < 4.78 is 5.78. The first-order valence-electron chi connectivity index (χ1n) is 8.60. The van der Waals surface area contributed by atoms with Crippen LogP contribution in [0.2, 0.25) is 5.02 Å². The van der Waals surface area contributed by atoms with Crippen molar-refractivity contribution >= 4 is 52.5 Å². The van der Waals surface area contributed by atoms with Crippen LogP contribution in [0.4, 0.5) is 5.69 Å². The minimum absolute atomic E-state index is 0.00644. The highest BCUT2D eigenvalue weighted by atomic mass is 35.5. The lowest BCUT2D eigenvalue weighted by atomic mass is 10.1. The molecule has 2 aromatic carbocycles. The lowest BCUT2D eigenvalue weighted by Gasteiger charge is -2.29. The molecule has 1 fully saturated rings. The van der Waals surface area contributed by atoms with Crippen LogP contribution in [0.15, 0.2) is 54.1 Å². The van der Waals surface area contributed by atoms with Crippen LogP contribution in [0.25, 0.3) is 6.08 Å². The van der Waals surface area contributed by atoms with Crippen molar-refractivity contribution in [3.63, 3.8) is 0 Å². The van der Waals surface area contributed by atoms with E-state index in [9.17, 15) is 9.59 Å². The summed E-state index contributed by atoms with van der Waals surface area (Å²) in [6.07, 6.45) is 1.53. The van der Waals surface area contributed by atoms with Gasteiger partial charge in [-0.05, 0) is 81.0 Å². The van der Waals surface area contributed by atoms with E-state index in [4.69, 9.17) is 28.6 Å². The molecule has 7 heteroatoms. The summed E-state index contributed by atoms with van der Waals surface area (Å²) in [7, 11) is 0. The summed E-state index contributed by atoms with van der Waals surface area (Å²) in [5.74, 6) is -0.320. The molecule has 2 amide bonds. The Hall–Kier alpha value is -2.70. The zero-order chi connectivity index (χ0) is 20.5. The number of carbonyl (C=O) groups excluding carboxylic acids is 2. The normalized spacial score (nSPS) is 16.4. The average Bonchev–Trinajstić information content (AvgIpc) is 2.60. The number of amides is 2. The zero-order valence-corrected chi connectivity index (χ0v) is 17.2. The maximum Gasteiger partial charge on any atom is 0.270 e. The van der Waals surface area contributed by atoms with E-state index < -0.39 is 11.8 Å². The van der Waals surface area contributed by atoms with Gasteiger partial charge in [-0.2, -0.15) is 0 Å². The topological polar surface area (TPSA) is 58.6 Å². The lowest BCUT2D eigenvalue weighted by molar-refractivity contribution is -0.122. The smallest absolute Gasteiger partial charge is 0.270 e. The van der Waals surface area contributed by atoms with Gasteiger partial charge in [-0.25, -0.2) is 0 Å². The summed E-state index contributed by atoms with van der Waals surface area (Å²) in [6.45, 7) is 5.88. The Morgan fingerprint density at radius 2 is 1.64 bits per heavy atom. The fourth-order valence-corrected chi connectivity index (χ4v) is 3.04. The van der Waals surface area contributed by atoms with Gasteiger partial charge in [0.15, 0.2) is 5.11 Å². The number of ether oxygens (including phenoxy) is 1. The zero-order valence-electron chi connectivity index (χ0n) is 15.7. The first-order chi connectivity index (χ1) is 13.1. The summed E-state index contributed by atoms with van der Waals surface area (Å²) in [6, 6.07) is 13.8. The fourth-order valence-electron chi connectivity index (χ4n) is 2.63. The number of nitrogens with zero attached hydrogens (tertiary/aromatic N) is 1. The number of anilines is 1. The SMILES string of the molecule is CC(C)(C)Oc1ccc(C=C2C(=O)NC(=S)N(c3ccc(Cl)cc3)C2=O)cc1. The standard InChI is InChI=1S/C21H19ClN2O3S/c1-21(2,3)27-16-10-4-13(5-11-16)12-17-18(25)23-20(28)24(19(17)26)15-8-6-14(22)7-9-15/h4-12H,1-3H3,(H,23,25,28). The molecule has 1 N–H and O–H groups in total. The number of nitrogens with one attached hydrogen (secondary N) is 1. The second-order valence-electron chi connectivity index (χ2n) is 7.22. The molecule has 0 saturated carbocycles. The van der Waals surface area contributed by atoms with Crippen molar-refractivity contribution in [3.8, 4) is 5.75 Å². The van der Waals surface area contributed by atoms with Crippen LogP contribution in [0.1, 0.15) is 26.3 Å². The van der Waals surface area contributed by atoms with E-state index >= 15 is 0 Å². The highest BCUT2D eigenvalue weighted by Crippen LogP contribution is 2.24. The Bertz CT molecular complexity index is 961. The minimum Gasteiger partial charge on any atom is -0.488 e. The second-order valence-corrected chi connectivity index (χ2v) is 8.04. The van der Waals surface area contributed by atoms with Crippen LogP contribution >= 0.6 is 23.8 Å². The predicted molar refractivity (Wildman–Crippen MR) is 114 cm³/mol. The highest BCUT2D eigenvalue weighted by Gasteiger charge is 2.34. The molecular formula is C21H19ClN2O3S. The molecule has 5 nitrogen and oxygen atoms in total. The molecule has 1 aliphatic heterocycles. The van der Waals surface area contributed by atoms with Crippen molar-refractivity contribution < 1.29 is 14.3 Å². The van der Waals surface area contributed by atoms with Gasteiger partial charge >= 0.3 is 0 Å². The molecule has 0 spiro atoms. The van der Waals surface area contributed by atoms with E-state index in [1.807, 2.05) is 20.8 Å². The van der Waals surface area contributed by atoms with Gasteiger partial charge in [-0.1, -0.05) is 23.7 Å². The number of halogens is 1. The predicted octanol–water partition coefficient (Wildman–Crippen LogP) is 4.35. The summed E-state index contributed by atoms with van der Waals surface area (Å²) >= 11 is 11.1. The molecule has 0 bridgehead atoms. The summed E-state index contributed by atoms with van der Waals surface area (Å²) in [5, 5.41) is 3.13. The Kier molecular flexibility index (Phi) is 5.54. The highest BCUT2D eigenvalue weighted by molar-refractivity contribution is 7.80. The first-order valence-corrected chi connectivity index (χ1v) is 9.39. The average molecular weight is 415 g/mol. The number of thiocarbonyl (C=S) groups is 1. The van der Waals surface area contributed by atoms with Gasteiger partial charge in [0, 0.05) is 5.02 Å². The van der Waals surface area contributed by atoms with Gasteiger partial charge in [0.2, 0.25) is 0 Å². The third-order valence-corrected chi connectivity index (χ3v) is 4.34. The lowest BCUT2D eigenvalue weighted by Crippen LogP contribution is -2.54. The van der Waals surface area contributed by atoms with E-state index in [-0.39, 0.29) is 16.3 Å². The Labute approximate surface area is 173 Å². The third-order valence-electron chi connectivity index (χ3n) is 3.80. The molecule has 0 aromatic heterocycles. The van der Waals surface area contributed by atoms with Gasteiger partial charge in [0.05, 0.1) is 5.69 Å².